The maximum atomic E-state index is 11.8. The van der Waals surface area contributed by atoms with Gasteiger partial charge in [-0.2, -0.15) is 11.3 Å². The monoisotopic (exact) mass is 291 g/mol. The van der Waals surface area contributed by atoms with Crippen molar-refractivity contribution in [3.05, 3.63) is 22.7 Å². The van der Waals surface area contributed by atoms with E-state index in [0.717, 1.165) is 24.9 Å². The average Bonchev–Trinajstić information content (AvgIpc) is 3.17. The van der Waals surface area contributed by atoms with Gasteiger partial charge in [0.05, 0.1) is 5.92 Å². The van der Waals surface area contributed by atoms with Crippen LogP contribution in [-0.2, 0) is 4.79 Å². The van der Waals surface area contributed by atoms with Gasteiger partial charge in [0.25, 0.3) is 0 Å². The van der Waals surface area contributed by atoms with E-state index in [9.17, 15) is 4.79 Å². The second-order valence-corrected chi connectivity index (χ2v) is 5.77. The number of amides is 1. The lowest BCUT2D eigenvalue weighted by Crippen LogP contribution is -2.38. The minimum Gasteiger partial charge on any atom is -0.420 e. The first-order valence-electron chi connectivity index (χ1n) is 6.91. The first-order valence-corrected chi connectivity index (χ1v) is 7.86. The van der Waals surface area contributed by atoms with Crippen molar-refractivity contribution in [1.29, 1.82) is 0 Å². The van der Waals surface area contributed by atoms with E-state index in [0.29, 0.717) is 24.7 Å². The summed E-state index contributed by atoms with van der Waals surface area (Å²) < 4.78 is 5.78. The maximum absolute atomic E-state index is 11.8. The van der Waals surface area contributed by atoms with Crippen LogP contribution in [0.25, 0.3) is 11.5 Å². The minimum atomic E-state index is 0.166. The largest absolute Gasteiger partial charge is 0.420 e. The molecule has 106 valence electrons. The summed E-state index contributed by atoms with van der Waals surface area (Å²) >= 11 is 1.61. The van der Waals surface area contributed by atoms with Gasteiger partial charge in [0, 0.05) is 30.5 Å². The molecule has 1 atom stereocenters. The molecule has 6 heteroatoms. The summed E-state index contributed by atoms with van der Waals surface area (Å²) in [5, 5.41) is 12.3. The third-order valence-electron chi connectivity index (χ3n) is 3.63. The third kappa shape index (κ3) is 2.60. The Hall–Kier alpha value is -1.69. The first-order chi connectivity index (χ1) is 9.78. The lowest BCUT2D eigenvalue weighted by molar-refractivity contribution is -0.132. The number of hydrogen-bond donors (Lipinski definition) is 0. The predicted molar refractivity (Wildman–Crippen MR) is 76.5 cm³/mol. The number of thiophene rings is 1. The summed E-state index contributed by atoms with van der Waals surface area (Å²) in [6.45, 7) is 3.43. The Labute approximate surface area is 121 Å². The van der Waals surface area contributed by atoms with Gasteiger partial charge in [-0.1, -0.05) is 6.92 Å². The van der Waals surface area contributed by atoms with Crippen molar-refractivity contribution < 1.29 is 9.21 Å². The van der Waals surface area contributed by atoms with Crippen molar-refractivity contribution in [3.8, 4) is 11.5 Å². The van der Waals surface area contributed by atoms with Crippen LogP contribution in [0, 0.1) is 0 Å². The highest BCUT2D eigenvalue weighted by Crippen LogP contribution is 2.29. The molecule has 2 aromatic heterocycles. The Balaban J connectivity index is 1.74. The minimum absolute atomic E-state index is 0.166. The molecule has 5 nitrogen and oxygen atoms in total. The molecule has 3 rings (SSSR count). The van der Waals surface area contributed by atoms with Crippen molar-refractivity contribution in [2.24, 2.45) is 0 Å². The van der Waals surface area contributed by atoms with Crippen molar-refractivity contribution in [2.45, 2.75) is 32.1 Å². The summed E-state index contributed by atoms with van der Waals surface area (Å²) in [4.78, 5) is 13.7. The average molecular weight is 291 g/mol. The van der Waals surface area contributed by atoms with Gasteiger partial charge in [-0.25, -0.2) is 0 Å². The Morgan fingerprint density at radius 1 is 1.55 bits per heavy atom. The molecular weight excluding hydrogens is 274 g/mol. The Kier molecular flexibility index (Phi) is 3.82. The fraction of sp³-hybridized carbons (Fsp3) is 0.500. The second kappa shape index (κ2) is 5.75. The molecule has 1 fully saturated rings. The van der Waals surface area contributed by atoms with Crippen LogP contribution in [0.5, 0.6) is 0 Å². The lowest BCUT2D eigenvalue weighted by Gasteiger charge is -2.30. The summed E-state index contributed by atoms with van der Waals surface area (Å²) in [5.74, 6) is 1.59. The highest BCUT2D eigenvalue weighted by molar-refractivity contribution is 7.08. The molecule has 1 aliphatic rings. The van der Waals surface area contributed by atoms with E-state index in [1.807, 2.05) is 28.7 Å². The number of carbonyl (C=O) groups excluding carboxylic acids is 1. The summed E-state index contributed by atoms with van der Waals surface area (Å²) in [6, 6.07) is 1.97. The third-order valence-corrected chi connectivity index (χ3v) is 4.32. The molecule has 0 aliphatic carbocycles. The number of nitrogens with zero attached hydrogens (tertiary/aromatic N) is 3. The van der Waals surface area contributed by atoms with Gasteiger partial charge in [-0.15, -0.1) is 10.2 Å². The number of aromatic nitrogens is 2. The van der Waals surface area contributed by atoms with Gasteiger partial charge in [0.2, 0.25) is 17.7 Å². The normalized spacial score (nSPS) is 19.2. The lowest BCUT2D eigenvalue weighted by atomic mass is 9.98. The molecule has 0 saturated carbocycles. The van der Waals surface area contributed by atoms with Gasteiger partial charge in [0.1, 0.15) is 0 Å². The smallest absolute Gasteiger partial charge is 0.248 e. The number of carbonyl (C=O) groups is 1. The van der Waals surface area contributed by atoms with Crippen LogP contribution in [0.3, 0.4) is 0 Å². The Bertz CT molecular complexity index is 579. The van der Waals surface area contributed by atoms with Crippen LogP contribution in [0.1, 0.15) is 38.0 Å². The number of rotatable bonds is 3. The molecule has 1 saturated heterocycles. The summed E-state index contributed by atoms with van der Waals surface area (Å²) in [7, 11) is 0. The molecule has 0 radical (unpaired) electrons. The maximum Gasteiger partial charge on any atom is 0.248 e. The van der Waals surface area contributed by atoms with E-state index < -0.39 is 0 Å². The van der Waals surface area contributed by atoms with Crippen molar-refractivity contribution in [1.82, 2.24) is 15.1 Å². The van der Waals surface area contributed by atoms with E-state index >= 15 is 0 Å². The van der Waals surface area contributed by atoms with Crippen LogP contribution in [-0.4, -0.2) is 34.1 Å². The van der Waals surface area contributed by atoms with E-state index in [1.165, 1.54) is 0 Å². The number of likely N-dealkylation sites (tertiary alicyclic amines) is 1. The fourth-order valence-corrected chi connectivity index (χ4v) is 3.16. The number of hydrogen-bond acceptors (Lipinski definition) is 5. The Morgan fingerprint density at radius 2 is 2.45 bits per heavy atom. The molecule has 0 aromatic carbocycles. The van der Waals surface area contributed by atoms with Crippen LogP contribution >= 0.6 is 11.3 Å². The van der Waals surface area contributed by atoms with Gasteiger partial charge in [0.15, 0.2) is 0 Å². The topological polar surface area (TPSA) is 59.2 Å². The van der Waals surface area contributed by atoms with E-state index in [2.05, 4.69) is 10.2 Å². The second-order valence-electron chi connectivity index (χ2n) is 4.99. The zero-order chi connectivity index (χ0) is 13.9. The molecule has 1 amide bonds. The SMILES string of the molecule is CCC(=O)N1CCC[C@@H](c2nnc(-c3ccsc3)o2)C1. The molecule has 0 spiro atoms. The van der Waals surface area contributed by atoms with Gasteiger partial charge >= 0.3 is 0 Å². The van der Waals surface area contributed by atoms with Crippen molar-refractivity contribution in [2.75, 3.05) is 13.1 Å². The van der Waals surface area contributed by atoms with Crippen LogP contribution in [0.2, 0.25) is 0 Å². The van der Waals surface area contributed by atoms with Crippen LogP contribution < -0.4 is 0 Å². The van der Waals surface area contributed by atoms with Crippen LogP contribution in [0.15, 0.2) is 21.2 Å². The van der Waals surface area contributed by atoms with Crippen molar-refractivity contribution in [3.63, 3.8) is 0 Å². The number of piperidine rings is 1. The zero-order valence-electron chi connectivity index (χ0n) is 11.4. The molecule has 1 aliphatic heterocycles. The van der Waals surface area contributed by atoms with E-state index in [-0.39, 0.29) is 11.8 Å². The molecule has 20 heavy (non-hydrogen) atoms. The Morgan fingerprint density at radius 3 is 3.20 bits per heavy atom. The summed E-state index contributed by atoms with van der Waals surface area (Å²) in [5.41, 5.74) is 0.964. The van der Waals surface area contributed by atoms with Gasteiger partial charge in [-0.05, 0) is 24.3 Å². The van der Waals surface area contributed by atoms with Crippen molar-refractivity contribution >= 4 is 17.2 Å². The van der Waals surface area contributed by atoms with E-state index in [1.54, 1.807) is 11.3 Å². The summed E-state index contributed by atoms with van der Waals surface area (Å²) in [6.07, 6.45) is 2.54. The quantitative estimate of drug-likeness (QED) is 0.872. The predicted octanol–water partition coefficient (Wildman–Crippen LogP) is 2.91. The molecular formula is C14H17N3O2S. The van der Waals surface area contributed by atoms with E-state index in [4.69, 9.17) is 4.42 Å². The molecule has 2 aromatic rings. The standard InChI is InChI=1S/C14H17N3O2S/c1-2-12(18)17-6-3-4-10(8-17)13-15-16-14(19-13)11-5-7-20-9-11/h5,7,9-10H,2-4,6,8H2,1H3/t10-/m1/s1. The highest BCUT2D eigenvalue weighted by atomic mass is 32.1. The molecule has 0 unspecified atom stereocenters. The van der Waals surface area contributed by atoms with Gasteiger partial charge in [-0.3, -0.25) is 4.79 Å². The highest BCUT2D eigenvalue weighted by Gasteiger charge is 2.27. The fourth-order valence-electron chi connectivity index (χ4n) is 2.53. The molecule has 0 N–H and O–H groups in total. The molecule has 0 bridgehead atoms. The zero-order valence-corrected chi connectivity index (χ0v) is 12.2. The van der Waals surface area contributed by atoms with Gasteiger partial charge < -0.3 is 9.32 Å². The first kappa shape index (κ1) is 13.3. The molecule has 3 heterocycles. The van der Waals surface area contributed by atoms with Crippen LogP contribution in [0.4, 0.5) is 0 Å².